The maximum Gasteiger partial charge on any atom is 0.411 e. The van der Waals surface area contributed by atoms with Crippen molar-refractivity contribution in [3.8, 4) is 0 Å². The zero-order valence-corrected chi connectivity index (χ0v) is 19.0. The summed E-state index contributed by atoms with van der Waals surface area (Å²) in [6, 6.07) is 17.0. The van der Waals surface area contributed by atoms with Crippen LogP contribution in [0.1, 0.15) is 43.9 Å². The van der Waals surface area contributed by atoms with Crippen LogP contribution in [0.15, 0.2) is 60.7 Å². The second kappa shape index (κ2) is 9.65. The average Bonchev–Trinajstić information content (AvgIpc) is 3.17. The number of carbonyl (C=O) groups is 3. The van der Waals surface area contributed by atoms with Crippen LogP contribution in [0.4, 0.5) is 4.79 Å². The minimum absolute atomic E-state index is 0.113. The molecule has 1 N–H and O–H groups in total. The zero-order valence-electron chi connectivity index (χ0n) is 19.0. The third kappa shape index (κ3) is 4.58. The van der Waals surface area contributed by atoms with E-state index in [2.05, 4.69) is 0 Å². The third-order valence-electron chi connectivity index (χ3n) is 6.51. The SMILES string of the molecule is CC(C)CC(C(=O)O)N1C(=O)C(N2C(=O)OC[C@@H]2c2ccccc2)C1CCc1ccccc1. The molecule has 0 bridgehead atoms. The van der Waals surface area contributed by atoms with Crippen molar-refractivity contribution in [3.05, 3.63) is 71.8 Å². The highest BCUT2D eigenvalue weighted by atomic mass is 16.6. The van der Waals surface area contributed by atoms with Crippen LogP contribution in [0.3, 0.4) is 0 Å². The van der Waals surface area contributed by atoms with Crippen LogP contribution in [0.5, 0.6) is 0 Å². The number of likely N-dealkylation sites (tertiary alicyclic amines) is 1. The summed E-state index contributed by atoms with van der Waals surface area (Å²) in [6.45, 7) is 4.06. The number of carbonyl (C=O) groups excluding carboxylic acids is 2. The number of rotatable bonds is 9. The normalized spacial score (nSPS) is 23.4. The van der Waals surface area contributed by atoms with Crippen LogP contribution in [0.25, 0.3) is 0 Å². The van der Waals surface area contributed by atoms with Crippen molar-refractivity contribution in [1.82, 2.24) is 9.80 Å². The number of aryl methyl sites for hydroxylation is 1. The standard InChI is InChI=1S/C26H30N2O5/c1-17(2)15-21(25(30)31)27-20(14-13-18-9-5-3-6-10-18)23(24(27)29)28-22(16-33-26(28)32)19-11-7-4-8-12-19/h3-12,17,20-23H,13-16H2,1-2H3,(H,30,31)/t20?,21?,22-,23?/m1/s1. The van der Waals surface area contributed by atoms with E-state index in [9.17, 15) is 19.5 Å². The number of aliphatic carboxylic acids is 1. The number of carboxylic acids is 1. The summed E-state index contributed by atoms with van der Waals surface area (Å²) in [5, 5.41) is 9.91. The summed E-state index contributed by atoms with van der Waals surface area (Å²) in [6.07, 6.45) is 1.08. The highest BCUT2D eigenvalue weighted by molar-refractivity contribution is 5.96. The summed E-state index contributed by atoms with van der Waals surface area (Å²) in [5.74, 6) is -1.22. The van der Waals surface area contributed by atoms with Crippen LogP contribution in [-0.4, -0.2) is 57.6 Å². The predicted octanol–water partition coefficient (Wildman–Crippen LogP) is 3.89. The number of benzene rings is 2. The van der Waals surface area contributed by atoms with Gasteiger partial charge in [-0.25, -0.2) is 9.59 Å². The number of β-lactam (4-membered cyclic amide) rings is 1. The average molecular weight is 451 g/mol. The highest BCUT2D eigenvalue weighted by Crippen LogP contribution is 2.39. The Morgan fingerprint density at radius 3 is 2.30 bits per heavy atom. The Labute approximate surface area is 193 Å². The minimum atomic E-state index is -1.01. The summed E-state index contributed by atoms with van der Waals surface area (Å²) in [7, 11) is 0. The van der Waals surface area contributed by atoms with Gasteiger partial charge >= 0.3 is 12.1 Å². The van der Waals surface area contributed by atoms with Gasteiger partial charge in [-0.05, 0) is 36.3 Å². The number of hydrogen-bond acceptors (Lipinski definition) is 4. The lowest BCUT2D eigenvalue weighted by Gasteiger charge is -2.53. The Kier molecular flexibility index (Phi) is 6.67. The van der Waals surface area contributed by atoms with E-state index in [1.54, 1.807) is 0 Å². The van der Waals surface area contributed by atoms with Gasteiger partial charge in [-0.1, -0.05) is 74.5 Å². The molecule has 2 amide bonds. The first-order chi connectivity index (χ1) is 15.9. The van der Waals surface area contributed by atoms with E-state index in [4.69, 9.17) is 4.74 Å². The number of amides is 2. The molecule has 0 aromatic heterocycles. The van der Waals surface area contributed by atoms with E-state index in [0.29, 0.717) is 19.3 Å². The Morgan fingerprint density at radius 1 is 1.06 bits per heavy atom. The van der Waals surface area contributed by atoms with Crippen LogP contribution >= 0.6 is 0 Å². The number of carboxylic acid groups (broad SMARTS) is 1. The molecule has 4 rings (SSSR count). The molecular weight excluding hydrogens is 420 g/mol. The van der Waals surface area contributed by atoms with Gasteiger partial charge in [0.1, 0.15) is 18.7 Å². The fourth-order valence-corrected chi connectivity index (χ4v) is 4.95. The van der Waals surface area contributed by atoms with E-state index >= 15 is 0 Å². The molecule has 0 spiro atoms. The van der Waals surface area contributed by atoms with Crippen molar-refractivity contribution in [2.45, 2.75) is 57.3 Å². The lowest BCUT2D eigenvalue weighted by Crippen LogP contribution is -2.74. The molecule has 33 heavy (non-hydrogen) atoms. The molecule has 7 nitrogen and oxygen atoms in total. The minimum Gasteiger partial charge on any atom is -0.480 e. The molecule has 2 aromatic rings. The predicted molar refractivity (Wildman–Crippen MR) is 122 cm³/mol. The van der Waals surface area contributed by atoms with Gasteiger partial charge in [0.25, 0.3) is 0 Å². The van der Waals surface area contributed by atoms with Gasteiger partial charge in [0.15, 0.2) is 0 Å². The largest absolute Gasteiger partial charge is 0.480 e. The third-order valence-corrected chi connectivity index (χ3v) is 6.51. The van der Waals surface area contributed by atoms with Gasteiger partial charge in [0, 0.05) is 0 Å². The van der Waals surface area contributed by atoms with E-state index in [-0.39, 0.29) is 24.5 Å². The maximum atomic E-state index is 13.4. The summed E-state index contributed by atoms with van der Waals surface area (Å²) in [5.41, 5.74) is 2.00. The van der Waals surface area contributed by atoms with Gasteiger partial charge in [-0.3, -0.25) is 9.69 Å². The highest BCUT2D eigenvalue weighted by Gasteiger charge is 2.58. The van der Waals surface area contributed by atoms with Gasteiger partial charge in [-0.2, -0.15) is 0 Å². The number of ether oxygens (including phenoxy) is 1. The first-order valence-corrected chi connectivity index (χ1v) is 11.5. The fraction of sp³-hybridized carbons (Fsp3) is 0.423. The number of nitrogens with zero attached hydrogens (tertiary/aromatic N) is 2. The molecule has 174 valence electrons. The van der Waals surface area contributed by atoms with E-state index in [0.717, 1.165) is 11.1 Å². The van der Waals surface area contributed by atoms with E-state index in [1.165, 1.54) is 9.80 Å². The van der Waals surface area contributed by atoms with Crippen LogP contribution in [-0.2, 0) is 20.7 Å². The van der Waals surface area contributed by atoms with Gasteiger partial charge in [-0.15, -0.1) is 0 Å². The monoisotopic (exact) mass is 450 g/mol. The van der Waals surface area contributed by atoms with Crippen LogP contribution in [0, 0.1) is 5.92 Å². The zero-order chi connectivity index (χ0) is 23.5. The molecule has 2 aliphatic heterocycles. The van der Waals surface area contributed by atoms with Crippen molar-refractivity contribution in [2.24, 2.45) is 5.92 Å². The lowest BCUT2D eigenvalue weighted by atomic mass is 9.84. The molecule has 7 heteroatoms. The fourth-order valence-electron chi connectivity index (χ4n) is 4.95. The van der Waals surface area contributed by atoms with Gasteiger partial charge < -0.3 is 14.7 Å². The molecule has 0 saturated carbocycles. The van der Waals surface area contributed by atoms with Crippen LogP contribution < -0.4 is 0 Å². The summed E-state index contributed by atoms with van der Waals surface area (Å²) < 4.78 is 5.36. The van der Waals surface area contributed by atoms with Crippen LogP contribution in [0.2, 0.25) is 0 Å². The van der Waals surface area contributed by atoms with Crippen molar-refractivity contribution in [3.63, 3.8) is 0 Å². The van der Waals surface area contributed by atoms with Gasteiger partial charge in [0.2, 0.25) is 5.91 Å². The Hall–Kier alpha value is -3.35. The molecule has 4 atom stereocenters. The molecule has 3 unspecified atom stereocenters. The molecule has 2 aliphatic rings. The molecule has 2 heterocycles. The molecular formula is C26H30N2O5. The van der Waals surface area contributed by atoms with Crippen molar-refractivity contribution < 1.29 is 24.2 Å². The second-order valence-electron chi connectivity index (χ2n) is 9.18. The Morgan fingerprint density at radius 2 is 1.70 bits per heavy atom. The topological polar surface area (TPSA) is 87.2 Å². The Balaban J connectivity index is 1.64. The van der Waals surface area contributed by atoms with Crippen molar-refractivity contribution in [2.75, 3.05) is 6.61 Å². The van der Waals surface area contributed by atoms with Crippen molar-refractivity contribution in [1.29, 1.82) is 0 Å². The molecule has 2 saturated heterocycles. The molecule has 2 fully saturated rings. The maximum absolute atomic E-state index is 13.4. The quantitative estimate of drug-likeness (QED) is 0.586. The van der Waals surface area contributed by atoms with E-state index < -0.39 is 30.2 Å². The second-order valence-corrected chi connectivity index (χ2v) is 9.18. The Bertz CT molecular complexity index is 994. The lowest BCUT2D eigenvalue weighted by molar-refractivity contribution is -0.172. The first-order valence-electron chi connectivity index (χ1n) is 11.5. The van der Waals surface area contributed by atoms with E-state index in [1.807, 2.05) is 74.5 Å². The number of hydrogen-bond donors (Lipinski definition) is 1. The number of cyclic esters (lactones) is 1. The van der Waals surface area contributed by atoms with Crippen molar-refractivity contribution >= 4 is 18.0 Å². The molecule has 0 radical (unpaired) electrons. The molecule has 2 aromatic carbocycles. The first kappa shape index (κ1) is 22.8. The summed E-state index contributed by atoms with van der Waals surface area (Å²) >= 11 is 0. The summed E-state index contributed by atoms with van der Waals surface area (Å²) in [4.78, 5) is 41.3. The smallest absolute Gasteiger partial charge is 0.411 e. The van der Waals surface area contributed by atoms with Gasteiger partial charge in [0.05, 0.1) is 12.1 Å². The molecule has 0 aliphatic carbocycles.